The Labute approximate surface area is 215 Å². The molecular weight excluding hydrogens is 468 g/mol. The second kappa shape index (κ2) is 10.7. The maximum atomic E-state index is 13.4. The van der Waals surface area contributed by atoms with Crippen LogP contribution in [0.15, 0.2) is 71.5 Å². The molecule has 2 aromatic heterocycles. The number of nitrogens with zero attached hydrogens (tertiary/aromatic N) is 5. The van der Waals surface area contributed by atoms with Gasteiger partial charge >= 0.3 is 0 Å². The van der Waals surface area contributed by atoms with Gasteiger partial charge in [-0.15, -0.1) is 0 Å². The maximum Gasteiger partial charge on any atom is 0.256 e. The van der Waals surface area contributed by atoms with E-state index in [0.29, 0.717) is 61.3 Å². The molecule has 2 aromatic carbocycles. The molecule has 188 valence electrons. The van der Waals surface area contributed by atoms with Crippen LogP contribution in [0.25, 0.3) is 11.4 Å². The quantitative estimate of drug-likeness (QED) is 0.431. The summed E-state index contributed by atoms with van der Waals surface area (Å²) in [5.41, 5.74) is 4.42. The molecule has 9 nitrogen and oxygen atoms in total. The number of anilines is 1. The van der Waals surface area contributed by atoms with Crippen molar-refractivity contribution in [3.05, 3.63) is 95.1 Å². The predicted octanol–water partition coefficient (Wildman–Crippen LogP) is 3.96. The Morgan fingerprint density at radius 1 is 0.946 bits per heavy atom. The van der Waals surface area contributed by atoms with Crippen LogP contribution in [0.5, 0.6) is 0 Å². The summed E-state index contributed by atoms with van der Waals surface area (Å²) in [6.45, 7) is 6.92. The summed E-state index contributed by atoms with van der Waals surface area (Å²) < 4.78 is 5.47. The molecule has 0 radical (unpaired) electrons. The Balaban J connectivity index is 1.21. The molecule has 2 amide bonds. The average Bonchev–Trinajstić information content (AvgIpc) is 3.39. The van der Waals surface area contributed by atoms with E-state index in [2.05, 4.69) is 25.3 Å². The molecule has 9 heteroatoms. The topological polar surface area (TPSA) is 104 Å². The summed E-state index contributed by atoms with van der Waals surface area (Å²) in [5.74, 6) is 0.743. The number of para-hydroxylation sites is 1. The molecule has 0 bridgehead atoms. The van der Waals surface area contributed by atoms with Crippen LogP contribution in [0.1, 0.15) is 37.7 Å². The smallest absolute Gasteiger partial charge is 0.256 e. The maximum absolute atomic E-state index is 13.4. The molecule has 0 aliphatic carbocycles. The molecule has 0 spiro atoms. The van der Waals surface area contributed by atoms with Gasteiger partial charge in [-0.05, 0) is 37.6 Å². The second-order valence-electron chi connectivity index (χ2n) is 9.13. The summed E-state index contributed by atoms with van der Waals surface area (Å²) >= 11 is 0. The standard InChI is InChI=1S/C28H28N6O3/c1-19-6-8-21(9-7-19)26-30-24(37-32-26)18-33-14-16-34(17-15-33)28(36)23-5-3-4-20(2)25(23)31-27(35)22-10-12-29-13-11-22/h3-13H,14-18H2,1-2H3,(H,31,35). The molecule has 0 saturated carbocycles. The molecule has 37 heavy (non-hydrogen) atoms. The van der Waals surface area contributed by atoms with E-state index in [-0.39, 0.29) is 11.8 Å². The van der Waals surface area contributed by atoms with Gasteiger partial charge in [-0.25, -0.2) is 0 Å². The van der Waals surface area contributed by atoms with Crippen molar-refractivity contribution < 1.29 is 14.1 Å². The van der Waals surface area contributed by atoms with E-state index in [0.717, 1.165) is 11.1 Å². The number of aryl methyl sites for hydroxylation is 2. The molecule has 1 saturated heterocycles. The minimum atomic E-state index is -0.278. The van der Waals surface area contributed by atoms with E-state index in [1.807, 2.05) is 55.1 Å². The Morgan fingerprint density at radius 3 is 2.41 bits per heavy atom. The molecule has 1 fully saturated rings. The summed E-state index contributed by atoms with van der Waals surface area (Å²) in [6, 6.07) is 16.8. The fourth-order valence-electron chi connectivity index (χ4n) is 4.31. The number of piperazine rings is 1. The number of carbonyl (C=O) groups is 2. The van der Waals surface area contributed by atoms with E-state index in [1.165, 1.54) is 5.56 Å². The SMILES string of the molecule is Cc1ccc(-c2noc(CN3CCN(C(=O)c4cccc(C)c4NC(=O)c4ccncc4)CC3)n2)cc1. The van der Waals surface area contributed by atoms with Crippen molar-refractivity contribution in [1.29, 1.82) is 0 Å². The van der Waals surface area contributed by atoms with Crippen molar-refractivity contribution in [2.45, 2.75) is 20.4 Å². The number of pyridine rings is 1. The van der Waals surface area contributed by atoms with Crippen molar-refractivity contribution in [2.24, 2.45) is 0 Å². The summed E-state index contributed by atoms with van der Waals surface area (Å²) in [4.78, 5) is 38.7. The van der Waals surface area contributed by atoms with Crippen LogP contribution in [0.2, 0.25) is 0 Å². The van der Waals surface area contributed by atoms with Gasteiger partial charge in [0.15, 0.2) is 0 Å². The lowest BCUT2D eigenvalue weighted by atomic mass is 10.1. The van der Waals surface area contributed by atoms with Crippen molar-refractivity contribution >= 4 is 17.5 Å². The number of hydrogen-bond acceptors (Lipinski definition) is 7. The first-order valence-corrected chi connectivity index (χ1v) is 12.2. The van der Waals surface area contributed by atoms with E-state index in [4.69, 9.17) is 4.52 Å². The summed E-state index contributed by atoms with van der Waals surface area (Å²) in [7, 11) is 0. The highest BCUT2D eigenvalue weighted by atomic mass is 16.5. The predicted molar refractivity (Wildman–Crippen MR) is 139 cm³/mol. The van der Waals surface area contributed by atoms with Crippen LogP contribution in [-0.4, -0.2) is 62.9 Å². The monoisotopic (exact) mass is 496 g/mol. The summed E-state index contributed by atoms with van der Waals surface area (Å²) in [6.07, 6.45) is 3.13. The first-order valence-electron chi connectivity index (χ1n) is 12.2. The van der Waals surface area contributed by atoms with Crippen molar-refractivity contribution in [2.75, 3.05) is 31.5 Å². The fourth-order valence-corrected chi connectivity index (χ4v) is 4.31. The number of benzene rings is 2. The lowest BCUT2D eigenvalue weighted by molar-refractivity contribution is 0.0616. The van der Waals surface area contributed by atoms with E-state index < -0.39 is 0 Å². The van der Waals surface area contributed by atoms with Crippen molar-refractivity contribution in [3.8, 4) is 11.4 Å². The van der Waals surface area contributed by atoms with E-state index in [1.54, 1.807) is 30.6 Å². The van der Waals surface area contributed by atoms with E-state index in [9.17, 15) is 9.59 Å². The zero-order chi connectivity index (χ0) is 25.8. The Hall–Kier alpha value is -4.37. The molecule has 0 unspecified atom stereocenters. The Morgan fingerprint density at radius 2 is 1.68 bits per heavy atom. The third-order valence-corrected chi connectivity index (χ3v) is 6.48. The number of aromatic nitrogens is 3. The van der Waals surface area contributed by atoms with Crippen molar-refractivity contribution in [1.82, 2.24) is 24.9 Å². The fraction of sp³-hybridized carbons (Fsp3) is 0.250. The molecular formula is C28H28N6O3. The Bertz CT molecular complexity index is 1390. The first-order chi connectivity index (χ1) is 18.0. The van der Waals surface area contributed by atoms with Gasteiger partial charge < -0.3 is 14.7 Å². The van der Waals surface area contributed by atoms with Crippen LogP contribution in [0, 0.1) is 13.8 Å². The highest BCUT2D eigenvalue weighted by Gasteiger charge is 2.26. The third-order valence-electron chi connectivity index (χ3n) is 6.48. The molecule has 5 rings (SSSR count). The molecule has 1 N–H and O–H groups in total. The van der Waals surface area contributed by atoms with E-state index >= 15 is 0 Å². The van der Waals surface area contributed by atoms with Gasteiger partial charge in [-0.3, -0.25) is 19.5 Å². The second-order valence-corrected chi connectivity index (χ2v) is 9.13. The minimum absolute atomic E-state index is 0.104. The van der Waals surface area contributed by atoms with Crippen LogP contribution in [-0.2, 0) is 6.54 Å². The first kappa shape index (κ1) is 24.3. The van der Waals surface area contributed by atoms with Crippen LogP contribution in [0.4, 0.5) is 5.69 Å². The molecule has 3 heterocycles. The van der Waals surface area contributed by atoms with Gasteiger partial charge in [0.05, 0.1) is 17.8 Å². The molecule has 1 aliphatic heterocycles. The number of amides is 2. The number of hydrogen-bond donors (Lipinski definition) is 1. The molecule has 4 aromatic rings. The highest BCUT2D eigenvalue weighted by molar-refractivity contribution is 6.09. The normalized spacial score (nSPS) is 13.9. The van der Waals surface area contributed by atoms with Gasteiger partial charge in [0.25, 0.3) is 11.8 Å². The lowest BCUT2D eigenvalue weighted by Gasteiger charge is -2.34. The average molecular weight is 497 g/mol. The highest BCUT2D eigenvalue weighted by Crippen LogP contribution is 2.24. The van der Waals surface area contributed by atoms with Gasteiger partial charge in [0.2, 0.25) is 11.7 Å². The summed E-state index contributed by atoms with van der Waals surface area (Å²) in [5, 5.41) is 7.04. The van der Waals surface area contributed by atoms with Gasteiger partial charge in [-0.2, -0.15) is 4.98 Å². The number of nitrogens with one attached hydrogen (secondary N) is 1. The van der Waals surface area contributed by atoms with Crippen LogP contribution < -0.4 is 5.32 Å². The lowest BCUT2D eigenvalue weighted by Crippen LogP contribution is -2.48. The molecule has 0 atom stereocenters. The Kier molecular flexibility index (Phi) is 7.04. The van der Waals surface area contributed by atoms with Gasteiger partial charge in [-0.1, -0.05) is 47.1 Å². The van der Waals surface area contributed by atoms with Crippen LogP contribution >= 0.6 is 0 Å². The van der Waals surface area contributed by atoms with Crippen molar-refractivity contribution in [3.63, 3.8) is 0 Å². The minimum Gasteiger partial charge on any atom is -0.338 e. The van der Waals surface area contributed by atoms with Gasteiger partial charge in [0, 0.05) is 49.7 Å². The third kappa shape index (κ3) is 5.57. The molecule has 1 aliphatic rings. The zero-order valence-electron chi connectivity index (χ0n) is 20.8. The number of rotatable bonds is 6. The van der Waals surface area contributed by atoms with Crippen LogP contribution in [0.3, 0.4) is 0 Å². The number of carbonyl (C=O) groups excluding carboxylic acids is 2. The van der Waals surface area contributed by atoms with Gasteiger partial charge in [0.1, 0.15) is 0 Å². The zero-order valence-corrected chi connectivity index (χ0v) is 20.8. The largest absolute Gasteiger partial charge is 0.338 e.